The second-order valence-electron chi connectivity index (χ2n) is 14.9. The summed E-state index contributed by atoms with van der Waals surface area (Å²) in [6.45, 7) is 14.9. The van der Waals surface area contributed by atoms with Crippen molar-refractivity contribution < 1.29 is 4.79 Å². The summed E-state index contributed by atoms with van der Waals surface area (Å²) in [5.74, 6) is 1.52. The monoisotopic (exact) mass is 615 g/mol. The standard InChI is InChI=1S/C40H49N5O/c1-24-18-25(2)20-29(19-24)38-37(26(3)23-44(7)17-16-28-8-14-35-36(21-28)42-27(4)41-35)33-22-30(9-15-34(33)43-38)40(5,6)39(46)45-31-10-11-32(45)13-12-31/h8-9,14-15,18-22,26,31-32,43H,10-13,16-17,23H2,1-7H3,(H,41,42). The normalized spacial score (nSPS) is 18.8. The van der Waals surface area contributed by atoms with Gasteiger partial charge < -0.3 is 19.8 Å². The largest absolute Gasteiger partial charge is 0.354 e. The molecule has 4 heterocycles. The highest BCUT2D eigenvalue weighted by Crippen LogP contribution is 2.43. The van der Waals surface area contributed by atoms with Gasteiger partial charge >= 0.3 is 0 Å². The topological polar surface area (TPSA) is 68.0 Å². The van der Waals surface area contributed by atoms with Crippen LogP contribution < -0.4 is 0 Å². The molecule has 240 valence electrons. The first kappa shape index (κ1) is 30.7. The molecule has 2 aromatic heterocycles. The van der Waals surface area contributed by atoms with Gasteiger partial charge in [-0.25, -0.2) is 4.98 Å². The van der Waals surface area contributed by atoms with Crippen LogP contribution in [0.4, 0.5) is 0 Å². The number of benzene rings is 3. The first-order valence-corrected chi connectivity index (χ1v) is 17.2. The zero-order valence-corrected chi connectivity index (χ0v) is 28.6. The molecule has 6 heteroatoms. The maximum atomic E-state index is 14.1. The zero-order valence-electron chi connectivity index (χ0n) is 28.6. The van der Waals surface area contributed by atoms with Crippen molar-refractivity contribution in [3.05, 3.63) is 88.2 Å². The maximum Gasteiger partial charge on any atom is 0.233 e. The number of amides is 1. The van der Waals surface area contributed by atoms with Crippen LogP contribution in [0.15, 0.2) is 54.6 Å². The number of nitrogens with one attached hydrogen (secondary N) is 2. The first-order valence-electron chi connectivity index (χ1n) is 17.2. The Morgan fingerprint density at radius 3 is 2.33 bits per heavy atom. The molecular formula is C40H49N5O. The average molecular weight is 616 g/mol. The van der Waals surface area contributed by atoms with E-state index in [4.69, 9.17) is 0 Å². The van der Waals surface area contributed by atoms with Gasteiger partial charge in [-0.05, 0) is 138 Å². The Labute approximate surface area is 273 Å². The lowest BCUT2D eigenvalue weighted by atomic mass is 9.81. The molecule has 3 aromatic carbocycles. The van der Waals surface area contributed by atoms with Gasteiger partial charge in [0.05, 0.1) is 22.1 Å². The molecule has 1 amide bonds. The Kier molecular flexibility index (Phi) is 7.83. The van der Waals surface area contributed by atoms with Gasteiger partial charge in [0.15, 0.2) is 0 Å². The summed E-state index contributed by atoms with van der Waals surface area (Å²) in [7, 11) is 2.23. The van der Waals surface area contributed by atoms with Gasteiger partial charge in [-0.2, -0.15) is 0 Å². The summed E-state index contributed by atoms with van der Waals surface area (Å²) in [4.78, 5) is 30.6. The van der Waals surface area contributed by atoms with Crippen molar-refractivity contribution in [2.75, 3.05) is 20.1 Å². The number of aromatic nitrogens is 3. The van der Waals surface area contributed by atoms with Crippen molar-refractivity contribution in [1.29, 1.82) is 0 Å². The molecule has 1 unspecified atom stereocenters. The lowest BCUT2D eigenvalue weighted by Crippen LogP contribution is -2.45. The number of aryl methyl sites for hydroxylation is 3. The molecule has 2 fully saturated rings. The number of aromatic amines is 2. The van der Waals surface area contributed by atoms with Crippen LogP contribution in [0.2, 0.25) is 0 Å². The average Bonchev–Trinajstić information content (AvgIpc) is 3.79. The van der Waals surface area contributed by atoms with Crippen LogP contribution in [0.3, 0.4) is 0 Å². The maximum absolute atomic E-state index is 14.1. The van der Waals surface area contributed by atoms with Gasteiger partial charge in [0, 0.05) is 36.1 Å². The van der Waals surface area contributed by atoms with Crippen LogP contribution in [-0.2, 0) is 16.6 Å². The van der Waals surface area contributed by atoms with Crippen LogP contribution in [0.1, 0.15) is 86.0 Å². The Bertz CT molecular complexity index is 1890. The van der Waals surface area contributed by atoms with Gasteiger partial charge in [-0.15, -0.1) is 0 Å². The predicted octanol–water partition coefficient (Wildman–Crippen LogP) is 8.35. The fourth-order valence-corrected chi connectivity index (χ4v) is 8.46. The van der Waals surface area contributed by atoms with Crippen molar-refractivity contribution in [3.63, 3.8) is 0 Å². The smallest absolute Gasteiger partial charge is 0.233 e. The lowest BCUT2D eigenvalue weighted by molar-refractivity contribution is -0.137. The SMILES string of the molecule is Cc1cc(C)cc(-c2[nH]c3ccc(C(C)(C)C(=O)N4C5CCC4CC5)cc3c2C(C)CN(C)CCc2ccc3nc(C)[nH]c3c2)c1. The minimum atomic E-state index is -0.581. The summed E-state index contributed by atoms with van der Waals surface area (Å²) in [6, 6.07) is 21.0. The minimum absolute atomic E-state index is 0.274. The number of hydrogen-bond acceptors (Lipinski definition) is 3. The number of hydrogen-bond donors (Lipinski definition) is 2. The highest BCUT2D eigenvalue weighted by molar-refractivity contribution is 5.95. The Morgan fingerprint density at radius 1 is 0.935 bits per heavy atom. The van der Waals surface area contributed by atoms with Crippen molar-refractivity contribution in [2.45, 2.75) is 97.1 Å². The quantitative estimate of drug-likeness (QED) is 0.175. The number of imidazole rings is 1. The van der Waals surface area contributed by atoms with Crippen LogP contribution in [0, 0.1) is 20.8 Å². The Morgan fingerprint density at radius 2 is 1.63 bits per heavy atom. The van der Waals surface area contributed by atoms with E-state index in [0.29, 0.717) is 18.0 Å². The summed E-state index contributed by atoms with van der Waals surface area (Å²) in [5, 5.41) is 1.23. The molecule has 5 aromatic rings. The van der Waals surface area contributed by atoms with E-state index >= 15 is 0 Å². The molecule has 46 heavy (non-hydrogen) atoms. The number of H-pyrrole nitrogens is 2. The summed E-state index contributed by atoms with van der Waals surface area (Å²) in [5.41, 5.74) is 11.4. The van der Waals surface area contributed by atoms with Gasteiger partial charge in [-0.1, -0.05) is 36.2 Å². The molecule has 0 aliphatic carbocycles. The fraction of sp³-hybridized carbons (Fsp3) is 0.450. The molecule has 2 aliphatic heterocycles. The van der Waals surface area contributed by atoms with E-state index in [9.17, 15) is 4.79 Å². The lowest BCUT2D eigenvalue weighted by Gasteiger charge is -2.33. The summed E-state index contributed by atoms with van der Waals surface area (Å²) >= 11 is 0. The van der Waals surface area contributed by atoms with E-state index in [1.54, 1.807) is 0 Å². The van der Waals surface area contributed by atoms with Crippen molar-refractivity contribution in [3.8, 4) is 11.3 Å². The van der Waals surface area contributed by atoms with Gasteiger partial charge in [0.2, 0.25) is 5.91 Å². The Hall–Kier alpha value is -3.90. The third kappa shape index (κ3) is 5.55. The van der Waals surface area contributed by atoms with E-state index < -0.39 is 5.41 Å². The first-order chi connectivity index (χ1) is 22.0. The van der Waals surface area contributed by atoms with Gasteiger partial charge in [-0.3, -0.25) is 4.79 Å². The number of fused-ring (bicyclic) bond motifs is 4. The van der Waals surface area contributed by atoms with Crippen molar-refractivity contribution >= 4 is 27.8 Å². The second-order valence-corrected chi connectivity index (χ2v) is 14.9. The highest BCUT2D eigenvalue weighted by Gasteiger charge is 2.47. The molecular weight excluding hydrogens is 566 g/mol. The van der Waals surface area contributed by atoms with Crippen LogP contribution in [0.5, 0.6) is 0 Å². The minimum Gasteiger partial charge on any atom is -0.354 e. The van der Waals surface area contributed by atoms with E-state index in [2.05, 4.69) is 121 Å². The number of carbonyl (C=O) groups excluding carboxylic acids is 1. The van der Waals surface area contributed by atoms with Crippen LogP contribution in [0.25, 0.3) is 33.2 Å². The molecule has 7 rings (SSSR count). The van der Waals surface area contributed by atoms with Crippen molar-refractivity contribution in [2.24, 2.45) is 0 Å². The summed E-state index contributed by atoms with van der Waals surface area (Å²) in [6.07, 6.45) is 5.63. The summed E-state index contributed by atoms with van der Waals surface area (Å²) < 4.78 is 0. The van der Waals surface area contributed by atoms with Crippen LogP contribution >= 0.6 is 0 Å². The Balaban J connectivity index is 1.20. The van der Waals surface area contributed by atoms with E-state index in [0.717, 1.165) is 73.1 Å². The molecule has 2 saturated heterocycles. The second kappa shape index (κ2) is 11.7. The molecule has 0 radical (unpaired) electrons. The molecule has 2 N–H and O–H groups in total. The third-order valence-corrected chi connectivity index (χ3v) is 10.8. The molecule has 1 atom stereocenters. The molecule has 2 aliphatic rings. The van der Waals surface area contributed by atoms with Crippen molar-refractivity contribution in [1.82, 2.24) is 24.8 Å². The number of nitrogens with zero attached hydrogens (tertiary/aromatic N) is 3. The number of likely N-dealkylation sites (N-methyl/N-ethyl adjacent to an activating group) is 1. The van der Waals surface area contributed by atoms with Crippen LogP contribution in [-0.4, -0.2) is 62.9 Å². The third-order valence-electron chi connectivity index (χ3n) is 10.8. The molecule has 2 bridgehead atoms. The molecule has 6 nitrogen and oxygen atoms in total. The molecule has 0 saturated carbocycles. The predicted molar refractivity (Wildman–Crippen MR) is 190 cm³/mol. The number of carbonyl (C=O) groups is 1. The van der Waals surface area contributed by atoms with E-state index in [1.807, 2.05) is 6.92 Å². The highest BCUT2D eigenvalue weighted by atomic mass is 16.2. The van der Waals surface area contributed by atoms with Gasteiger partial charge in [0.1, 0.15) is 5.82 Å². The van der Waals surface area contributed by atoms with E-state index in [-0.39, 0.29) is 5.92 Å². The zero-order chi connectivity index (χ0) is 32.3. The van der Waals surface area contributed by atoms with Gasteiger partial charge in [0.25, 0.3) is 0 Å². The molecule has 0 spiro atoms. The number of rotatable bonds is 9. The van der Waals surface area contributed by atoms with E-state index in [1.165, 1.54) is 38.9 Å². The fourth-order valence-electron chi connectivity index (χ4n) is 8.46.